The maximum absolute atomic E-state index is 12.9. The summed E-state index contributed by atoms with van der Waals surface area (Å²) in [6.45, 7) is 1.95. The monoisotopic (exact) mass is 254 g/mol. The van der Waals surface area contributed by atoms with E-state index in [2.05, 4.69) is 16.2 Å². The molecule has 0 radical (unpaired) electrons. The van der Waals surface area contributed by atoms with Gasteiger partial charge in [0.2, 0.25) is 0 Å². The number of hydrogen-bond donors (Lipinski definition) is 1. The van der Waals surface area contributed by atoms with Gasteiger partial charge in [0.05, 0.1) is 17.8 Å². The molecule has 1 amide bonds. The number of hydrogen-bond acceptors (Lipinski definition) is 2. The first-order valence-corrected chi connectivity index (χ1v) is 5.54. The molecule has 5 heteroatoms. The molecule has 1 rings (SSSR count). The van der Waals surface area contributed by atoms with Crippen LogP contribution in [0.2, 0.25) is 5.15 Å². The summed E-state index contributed by atoms with van der Waals surface area (Å²) in [5, 5.41) is 2.54. The van der Waals surface area contributed by atoms with Crippen molar-refractivity contribution in [3.8, 4) is 12.3 Å². The largest absolute Gasteiger partial charge is 0.338 e. The number of terminal acetylenes is 1. The highest BCUT2D eigenvalue weighted by atomic mass is 35.5. The molecule has 90 valence electrons. The third-order valence-electron chi connectivity index (χ3n) is 2.13. The first-order valence-electron chi connectivity index (χ1n) is 5.16. The van der Waals surface area contributed by atoms with Crippen molar-refractivity contribution >= 4 is 17.5 Å². The van der Waals surface area contributed by atoms with E-state index in [4.69, 9.17) is 18.0 Å². The lowest BCUT2D eigenvalue weighted by Gasteiger charge is -2.12. The second kappa shape index (κ2) is 6.21. The summed E-state index contributed by atoms with van der Waals surface area (Å²) in [5.41, 5.74) is -0.0111. The molecule has 0 aliphatic heterocycles. The Hall–Kier alpha value is -1.60. The Balaban J connectivity index is 2.83. The highest BCUT2D eigenvalue weighted by Crippen LogP contribution is 2.14. The van der Waals surface area contributed by atoms with Gasteiger partial charge in [-0.1, -0.05) is 30.9 Å². The van der Waals surface area contributed by atoms with Gasteiger partial charge in [-0.3, -0.25) is 4.79 Å². The van der Waals surface area contributed by atoms with E-state index in [1.54, 1.807) is 0 Å². The summed E-state index contributed by atoms with van der Waals surface area (Å²) in [5.74, 6) is 1.31. The Morgan fingerprint density at radius 1 is 1.76 bits per heavy atom. The van der Waals surface area contributed by atoms with Crippen LogP contribution in [0.4, 0.5) is 4.39 Å². The minimum Gasteiger partial charge on any atom is -0.338 e. The molecule has 0 saturated heterocycles. The quantitative estimate of drug-likeness (QED) is 0.662. The molecular formula is C12H12ClFN2O. The van der Waals surface area contributed by atoms with Crippen molar-refractivity contribution in [3.05, 3.63) is 28.8 Å². The van der Waals surface area contributed by atoms with Crippen LogP contribution < -0.4 is 5.32 Å². The fraction of sp³-hybridized carbons (Fsp3) is 0.333. The van der Waals surface area contributed by atoms with E-state index in [9.17, 15) is 9.18 Å². The van der Waals surface area contributed by atoms with Crippen LogP contribution in [0.3, 0.4) is 0 Å². The van der Waals surface area contributed by atoms with E-state index in [1.807, 2.05) is 6.92 Å². The van der Waals surface area contributed by atoms with Crippen molar-refractivity contribution in [2.75, 3.05) is 0 Å². The normalized spacial score (nSPS) is 11.6. The Bertz CT molecular complexity index is 456. The van der Waals surface area contributed by atoms with E-state index in [1.165, 1.54) is 0 Å². The number of halogens is 2. The molecule has 0 spiro atoms. The molecule has 0 bridgehead atoms. The average molecular weight is 255 g/mol. The van der Waals surface area contributed by atoms with Gasteiger partial charge in [-0.15, -0.1) is 6.42 Å². The molecule has 0 fully saturated rings. The maximum Gasteiger partial charge on any atom is 0.255 e. The number of rotatable bonds is 4. The highest BCUT2D eigenvalue weighted by molar-refractivity contribution is 6.32. The lowest BCUT2D eigenvalue weighted by Crippen LogP contribution is -2.33. The van der Waals surface area contributed by atoms with Crippen LogP contribution in [0.1, 0.15) is 30.1 Å². The van der Waals surface area contributed by atoms with Gasteiger partial charge in [-0.05, 0) is 12.5 Å². The van der Waals surface area contributed by atoms with E-state index in [-0.39, 0.29) is 16.8 Å². The van der Waals surface area contributed by atoms with Crippen LogP contribution in [0.25, 0.3) is 0 Å². The number of carbonyl (C=O) groups excluding carboxylic acids is 1. The third-order valence-corrected chi connectivity index (χ3v) is 2.44. The number of nitrogens with zero attached hydrogens (tertiary/aromatic N) is 1. The standard InChI is InChI=1S/C12H12ClFN2O/c1-3-5-9(4-2)16-12(17)10-6-8(14)7-15-11(10)13/h2,6-7,9H,3,5H2,1H3,(H,16,17). The molecule has 1 aromatic heterocycles. The average Bonchev–Trinajstić information content (AvgIpc) is 2.31. The van der Waals surface area contributed by atoms with E-state index in [0.29, 0.717) is 6.42 Å². The summed E-state index contributed by atoms with van der Waals surface area (Å²) in [6, 6.07) is 0.649. The van der Waals surface area contributed by atoms with Gasteiger partial charge in [-0.25, -0.2) is 9.37 Å². The van der Waals surface area contributed by atoms with Gasteiger partial charge in [0.25, 0.3) is 5.91 Å². The fourth-order valence-corrected chi connectivity index (χ4v) is 1.49. The predicted molar refractivity (Wildman–Crippen MR) is 64.2 cm³/mol. The zero-order chi connectivity index (χ0) is 12.8. The Morgan fingerprint density at radius 2 is 2.47 bits per heavy atom. The third kappa shape index (κ3) is 3.72. The Kier molecular flexibility index (Phi) is 4.92. The van der Waals surface area contributed by atoms with Gasteiger partial charge in [0, 0.05) is 0 Å². The van der Waals surface area contributed by atoms with Crippen LogP contribution >= 0.6 is 11.6 Å². The minimum atomic E-state index is -0.618. The molecule has 1 aromatic rings. The van der Waals surface area contributed by atoms with Gasteiger partial charge >= 0.3 is 0 Å². The Labute approximate surface area is 104 Å². The molecule has 1 heterocycles. The maximum atomic E-state index is 12.9. The lowest BCUT2D eigenvalue weighted by atomic mass is 10.1. The van der Waals surface area contributed by atoms with Crippen molar-refractivity contribution in [2.24, 2.45) is 0 Å². The van der Waals surface area contributed by atoms with Gasteiger partial charge < -0.3 is 5.32 Å². The first-order chi connectivity index (χ1) is 8.08. The van der Waals surface area contributed by atoms with Crippen LogP contribution in [0.5, 0.6) is 0 Å². The SMILES string of the molecule is C#CC(CCC)NC(=O)c1cc(F)cnc1Cl. The van der Waals surface area contributed by atoms with Crippen LogP contribution in [-0.2, 0) is 0 Å². The molecule has 0 saturated carbocycles. The second-order valence-corrected chi connectivity index (χ2v) is 3.83. The van der Waals surface area contributed by atoms with E-state index < -0.39 is 11.7 Å². The van der Waals surface area contributed by atoms with Gasteiger partial charge in [0.1, 0.15) is 11.0 Å². The smallest absolute Gasteiger partial charge is 0.255 e. The molecule has 0 aromatic carbocycles. The van der Waals surface area contributed by atoms with Crippen LogP contribution in [0.15, 0.2) is 12.3 Å². The molecule has 1 unspecified atom stereocenters. The summed E-state index contributed by atoms with van der Waals surface area (Å²) in [7, 11) is 0. The lowest BCUT2D eigenvalue weighted by molar-refractivity contribution is 0.0943. The van der Waals surface area contributed by atoms with Crippen molar-refractivity contribution in [1.82, 2.24) is 10.3 Å². The topological polar surface area (TPSA) is 42.0 Å². The van der Waals surface area contributed by atoms with Crippen molar-refractivity contribution in [3.63, 3.8) is 0 Å². The molecule has 0 aliphatic rings. The molecular weight excluding hydrogens is 243 g/mol. The summed E-state index contributed by atoms with van der Waals surface area (Å²) >= 11 is 5.70. The zero-order valence-corrected chi connectivity index (χ0v) is 10.1. The number of carbonyl (C=O) groups is 1. The number of nitrogens with one attached hydrogen (secondary N) is 1. The van der Waals surface area contributed by atoms with E-state index in [0.717, 1.165) is 18.7 Å². The van der Waals surface area contributed by atoms with E-state index >= 15 is 0 Å². The predicted octanol–water partition coefficient (Wildman–Crippen LogP) is 2.41. The number of pyridine rings is 1. The highest BCUT2D eigenvalue weighted by Gasteiger charge is 2.15. The molecule has 17 heavy (non-hydrogen) atoms. The van der Waals surface area contributed by atoms with Gasteiger partial charge in [-0.2, -0.15) is 0 Å². The second-order valence-electron chi connectivity index (χ2n) is 3.47. The summed E-state index contributed by atoms with van der Waals surface area (Å²) in [4.78, 5) is 15.3. The van der Waals surface area contributed by atoms with Crippen LogP contribution in [0, 0.1) is 18.2 Å². The summed E-state index contributed by atoms with van der Waals surface area (Å²) in [6.07, 6.45) is 7.71. The summed E-state index contributed by atoms with van der Waals surface area (Å²) < 4.78 is 12.9. The van der Waals surface area contributed by atoms with Crippen molar-refractivity contribution < 1.29 is 9.18 Å². The molecule has 1 atom stereocenters. The van der Waals surface area contributed by atoms with Crippen molar-refractivity contribution in [1.29, 1.82) is 0 Å². The zero-order valence-electron chi connectivity index (χ0n) is 9.34. The fourth-order valence-electron chi connectivity index (χ4n) is 1.30. The van der Waals surface area contributed by atoms with Gasteiger partial charge in [0.15, 0.2) is 0 Å². The molecule has 1 N–H and O–H groups in total. The first kappa shape index (κ1) is 13.5. The number of aromatic nitrogens is 1. The minimum absolute atomic E-state index is 0.0111. The number of amides is 1. The van der Waals surface area contributed by atoms with Crippen LogP contribution in [-0.4, -0.2) is 16.9 Å². The van der Waals surface area contributed by atoms with Crippen molar-refractivity contribution in [2.45, 2.75) is 25.8 Å². The molecule has 0 aliphatic carbocycles. The Morgan fingerprint density at radius 3 is 3.06 bits per heavy atom. The molecule has 3 nitrogen and oxygen atoms in total.